The highest BCUT2D eigenvalue weighted by Crippen LogP contribution is 2.22. The van der Waals surface area contributed by atoms with E-state index in [1.54, 1.807) is 20.0 Å². The lowest BCUT2D eigenvalue weighted by atomic mass is 9.88. The third-order valence-corrected chi connectivity index (χ3v) is 4.43. The van der Waals surface area contributed by atoms with Gasteiger partial charge in [-0.25, -0.2) is 9.78 Å². The Bertz CT molecular complexity index is 473. The van der Waals surface area contributed by atoms with Gasteiger partial charge in [-0.1, -0.05) is 6.92 Å². The van der Waals surface area contributed by atoms with Gasteiger partial charge in [-0.3, -0.25) is 4.79 Å². The first-order chi connectivity index (χ1) is 9.21. The highest BCUT2D eigenvalue weighted by atomic mass is 32.1. The Kier molecular flexibility index (Phi) is 5.10. The predicted molar refractivity (Wildman–Crippen MR) is 77.7 cm³/mol. The number of nitrogens with one attached hydrogen (secondary N) is 2. The van der Waals surface area contributed by atoms with Crippen molar-refractivity contribution in [1.82, 2.24) is 15.6 Å². The number of aliphatic carboxylic acids is 1. The summed E-state index contributed by atoms with van der Waals surface area (Å²) in [6, 6.07) is -0.397. The molecule has 0 aromatic carbocycles. The number of carboxylic acid groups (broad SMARTS) is 1. The molecule has 1 rings (SSSR count). The number of nitrogens with zero attached hydrogens (tertiary/aromatic N) is 1. The van der Waals surface area contributed by atoms with Crippen LogP contribution < -0.4 is 10.6 Å². The number of carbonyl (C=O) groups excluding carboxylic acids is 1. The molecule has 1 atom stereocenters. The van der Waals surface area contributed by atoms with E-state index in [-0.39, 0.29) is 6.54 Å². The van der Waals surface area contributed by atoms with E-state index >= 15 is 0 Å². The summed E-state index contributed by atoms with van der Waals surface area (Å²) in [5, 5.41) is 17.2. The van der Waals surface area contributed by atoms with Gasteiger partial charge >= 0.3 is 12.0 Å². The lowest BCUT2D eigenvalue weighted by Crippen LogP contribution is -2.50. The van der Waals surface area contributed by atoms with Crippen LogP contribution in [0.5, 0.6) is 0 Å². The Morgan fingerprint density at radius 2 is 2.05 bits per heavy atom. The van der Waals surface area contributed by atoms with Gasteiger partial charge in [0, 0.05) is 18.1 Å². The molecular formula is C13H21N3O3S. The maximum absolute atomic E-state index is 11.9. The maximum Gasteiger partial charge on any atom is 0.315 e. The van der Waals surface area contributed by atoms with Crippen LogP contribution in [0.3, 0.4) is 0 Å². The molecule has 0 fully saturated rings. The topological polar surface area (TPSA) is 91.3 Å². The molecule has 0 saturated carbocycles. The minimum absolute atomic E-state index is 0.0820. The summed E-state index contributed by atoms with van der Waals surface area (Å²) in [6.45, 7) is 7.18. The van der Waals surface area contributed by atoms with Crippen molar-refractivity contribution in [2.24, 2.45) is 5.41 Å². The van der Waals surface area contributed by atoms with Crippen molar-refractivity contribution in [3.63, 3.8) is 0 Å². The lowest BCUT2D eigenvalue weighted by molar-refractivity contribution is -0.147. The average Bonchev–Trinajstić information content (AvgIpc) is 2.89. The molecule has 0 aliphatic heterocycles. The number of carbonyl (C=O) groups is 2. The van der Waals surface area contributed by atoms with Crippen LogP contribution in [-0.2, 0) is 10.3 Å². The average molecular weight is 299 g/mol. The Morgan fingerprint density at radius 1 is 1.40 bits per heavy atom. The number of rotatable bonds is 6. The molecule has 0 aliphatic rings. The summed E-state index contributed by atoms with van der Waals surface area (Å²) in [7, 11) is 0. The second kappa shape index (κ2) is 6.21. The minimum Gasteiger partial charge on any atom is -0.481 e. The molecule has 0 bridgehead atoms. The molecular weight excluding hydrogens is 278 g/mol. The molecule has 0 saturated heterocycles. The molecule has 0 spiro atoms. The van der Waals surface area contributed by atoms with E-state index in [9.17, 15) is 9.59 Å². The Morgan fingerprint density at radius 3 is 2.50 bits per heavy atom. The van der Waals surface area contributed by atoms with Crippen LogP contribution in [-0.4, -0.2) is 28.6 Å². The van der Waals surface area contributed by atoms with E-state index in [1.165, 1.54) is 11.3 Å². The molecule has 3 N–H and O–H groups in total. The summed E-state index contributed by atoms with van der Waals surface area (Å²) < 4.78 is 0. The second-order valence-corrected chi connectivity index (χ2v) is 6.38. The molecule has 20 heavy (non-hydrogen) atoms. The monoisotopic (exact) mass is 299 g/mol. The summed E-state index contributed by atoms with van der Waals surface area (Å²) in [5.74, 6) is -0.917. The zero-order valence-corrected chi connectivity index (χ0v) is 13.0. The van der Waals surface area contributed by atoms with Crippen LogP contribution in [0.1, 0.15) is 39.1 Å². The fraction of sp³-hybridized carbons (Fsp3) is 0.615. The molecule has 112 valence electrons. The van der Waals surface area contributed by atoms with Gasteiger partial charge in [0.1, 0.15) is 5.01 Å². The van der Waals surface area contributed by atoms with Crippen molar-refractivity contribution >= 4 is 23.3 Å². The van der Waals surface area contributed by atoms with Crippen LogP contribution in [0.2, 0.25) is 0 Å². The highest BCUT2D eigenvalue weighted by Gasteiger charge is 2.32. The molecule has 6 nitrogen and oxygen atoms in total. The molecule has 7 heteroatoms. The van der Waals surface area contributed by atoms with E-state index in [2.05, 4.69) is 15.6 Å². The van der Waals surface area contributed by atoms with Crippen LogP contribution in [0.15, 0.2) is 11.6 Å². The van der Waals surface area contributed by atoms with E-state index in [0.717, 1.165) is 5.01 Å². The zero-order valence-electron chi connectivity index (χ0n) is 12.2. The number of aromatic nitrogens is 1. The maximum atomic E-state index is 11.9. The third-order valence-electron chi connectivity index (χ3n) is 3.33. The van der Waals surface area contributed by atoms with E-state index in [4.69, 9.17) is 5.11 Å². The molecule has 2 amide bonds. The normalized spacial score (nSPS) is 14.4. The van der Waals surface area contributed by atoms with Crippen molar-refractivity contribution in [2.45, 2.75) is 39.7 Å². The molecule has 1 aromatic heterocycles. The van der Waals surface area contributed by atoms with Gasteiger partial charge in [-0.2, -0.15) is 0 Å². The molecule has 1 heterocycles. The Labute approximate surface area is 122 Å². The summed E-state index contributed by atoms with van der Waals surface area (Å²) >= 11 is 1.46. The van der Waals surface area contributed by atoms with Gasteiger partial charge in [-0.05, 0) is 27.2 Å². The number of urea groups is 1. The summed E-state index contributed by atoms with van der Waals surface area (Å²) in [6.07, 6.45) is 2.12. The molecule has 1 aromatic rings. The standard InChI is InChI=1S/C13H21N3O3S/c1-5-13(4,10(17)18)8-15-11(19)16-12(2,3)9-14-6-7-20-9/h6-7H,5,8H2,1-4H3,(H,17,18)(H2,15,16,19). The first-order valence-electron chi connectivity index (χ1n) is 6.40. The van der Waals surface area contributed by atoms with Crippen molar-refractivity contribution in [3.8, 4) is 0 Å². The van der Waals surface area contributed by atoms with Crippen LogP contribution in [0.25, 0.3) is 0 Å². The largest absolute Gasteiger partial charge is 0.481 e. The molecule has 0 radical (unpaired) electrons. The van der Waals surface area contributed by atoms with Crippen molar-refractivity contribution in [2.75, 3.05) is 6.54 Å². The number of carboxylic acids is 1. The van der Waals surface area contributed by atoms with Gasteiger partial charge in [-0.15, -0.1) is 11.3 Å². The minimum atomic E-state index is -0.956. The van der Waals surface area contributed by atoms with Crippen LogP contribution >= 0.6 is 11.3 Å². The third kappa shape index (κ3) is 3.93. The van der Waals surface area contributed by atoms with Crippen molar-refractivity contribution in [3.05, 3.63) is 16.6 Å². The van der Waals surface area contributed by atoms with Crippen molar-refractivity contribution < 1.29 is 14.7 Å². The van der Waals surface area contributed by atoms with Gasteiger partial charge in [0.05, 0.1) is 11.0 Å². The number of amides is 2. The second-order valence-electron chi connectivity index (χ2n) is 5.49. The Balaban J connectivity index is 2.58. The van der Waals surface area contributed by atoms with Crippen molar-refractivity contribution in [1.29, 1.82) is 0 Å². The Hall–Kier alpha value is -1.63. The fourth-order valence-electron chi connectivity index (χ4n) is 1.54. The SMILES string of the molecule is CCC(C)(CNC(=O)NC(C)(C)c1nccs1)C(=O)O. The lowest BCUT2D eigenvalue weighted by Gasteiger charge is -2.27. The fourth-order valence-corrected chi connectivity index (χ4v) is 2.26. The number of hydrogen-bond donors (Lipinski definition) is 3. The van der Waals surface area contributed by atoms with Gasteiger partial charge in [0.2, 0.25) is 0 Å². The molecule has 0 aliphatic carbocycles. The summed E-state index contributed by atoms with van der Waals surface area (Å²) in [5.41, 5.74) is -1.55. The van der Waals surface area contributed by atoms with Gasteiger partial charge in [0.25, 0.3) is 0 Å². The van der Waals surface area contributed by atoms with E-state index < -0.39 is 23.0 Å². The zero-order chi connectivity index (χ0) is 15.4. The van der Waals surface area contributed by atoms with Crippen LogP contribution in [0, 0.1) is 5.41 Å². The van der Waals surface area contributed by atoms with E-state index in [0.29, 0.717) is 6.42 Å². The number of hydrogen-bond acceptors (Lipinski definition) is 4. The number of thiazole rings is 1. The molecule has 1 unspecified atom stereocenters. The first-order valence-corrected chi connectivity index (χ1v) is 7.28. The van der Waals surface area contributed by atoms with Gasteiger partial charge in [0.15, 0.2) is 0 Å². The van der Waals surface area contributed by atoms with Crippen LogP contribution in [0.4, 0.5) is 4.79 Å². The quantitative estimate of drug-likeness (QED) is 0.751. The first kappa shape index (κ1) is 16.4. The summed E-state index contributed by atoms with van der Waals surface area (Å²) in [4.78, 5) is 27.2. The smallest absolute Gasteiger partial charge is 0.315 e. The van der Waals surface area contributed by atoms with Gasteiger partial charge < -0.3 is 15.7 Å². The highest BCUT2D eigenvalue weighted by molar-refractivity contribution is 7.09. The van der Waals surface area contributed by atoms with E-state index in [1.807, 2.05) is 19.2 Å². The predicted octanol–water partition coefficient (Wildman–Crippen LogP) is 2.18.